The molecule has 1 saturated carbocycles. The van der Waals surface area contributed by atoms with Crippen LogP contribution in [0.3, 0.4) is 0 Å². The number of anilines is 1. The summed E-state index contributed by atoms with van der Waals surface area (Å²) in [6.45, 7) is 8.17. The number of carboxylic acid groups (broad SMARTS) is 1. The van der Waals surface area contributed by atoms with Gasteiger partial charge in [-0.15, -0.1) is 0 Å². The first-order valence-corrected chi connectivity index (χ1v) is 13.9. The molecule has 3 aliphatic rings. The van der Waals surface area contributed by atoms with Gasteiger partial charge in [-0.2, -0.15) is 5.10 Å². The average Bonchev–Trinajstić information content (AvgIpc) is 3.13. The van der Waals surface area contributed by atoms with E-state index in [0.29, 0.717) is 27.9 Å². The van der Waals surface area contributed by atoms with Crippen molar-refractivity contribution >= 4 is 46.2 Å². The smallest absolute Gasteiger partial charge is 0.306 e. The number of carbonyl (C=O) groups is 1. The van der Waals surface area contributed by atoms with Gasteiger partial charge in [0.05, 0.1) is 23.9 Å². The predicted molar refractivity (Wildman–Crippen MR) is 144 cm³/mol. The van der Waals surface area contributed by atoms with E-state index < -0.39 is 5.97 Å². The highest BCUT2D eigenvalue weighted by Crippen LogP contribution is 2.38. The molecule has 3 fully saturated rings. The molecule has 2 aliphatic heterocycles. The first kappa shape index (κ1) is 24.9. The zero-order chi connectivity index (χ0) is 25.8. The Morgan fingerprint density at radius 1 is 1.16 bits per heavy atom. The zero-order valence-electron chi connectivity index (χ0n) is 21.1. The van der Waals surface area contributed by atoms with E-state index in [9.17, 15) is 9.90 Å². The molecule has 0 amide bonds. The number of hydrogen-bond acceptors (Lipinski definition) is 6. The second kappa shape index (κ2) is 9.71. The topological polar surface area (TPSA) is 87.4 Å². The summed E-state index contributed by atoms with van der Waals surface area (Å²) >= 11 is 12.6. The van der Waals surface area contributed by atoms with Gasteiger partial charge in [0, 0.05) is 35.7 Å². The second-order valence-electron chi connectivity index (χ2n) is 11.0. The lowest BCUT2D eigenvalue weighted by Crippen LogP contribution is -2.56. The van der Waals surface area contributed by atoms with E-state index in [2.05, 4.69) is 16.7 Å². The summed E-state index contributed by atoms with van der Waals surface area (Å²) in [4.78, 5) is 25.8. The number of likely N-dealkylation sites (tertiary alicyclic amines) is 1. The number of nitrogens with zero attached hydrogens (tertiary/aromatic N) is 6. The van der Waals surface area contributed by atoms with E-state index in [-0.39, 0.29) is 12.0 Å². The van der Waals surface area contributed by atoms with Gasteiger partial charge in [0.25, 0.3) is 0 Å². The first-order valence-electron chi connectivity index (χ1n) is 13.2. The first-order chi connectivity index (χ1) is 17.8. The Labute approximate surface area is 226 Å². The Hall–Kier alpha value is -2.42. The van der Waals surface area contributed by atoms with Crippen molar-refractivity contribution in [1.29, 1.82) is 0 Å². The predicted octanol–water partition coefficient (Wildman–Crippen LogP) is 5.06. The Balaban J connectivity index is 1.14. The van der Waals surface area contributed by atoms with Crippen molar-refractivity contribution in [2.45, 2.75) is 51.6 Å². The van der Waals surface area contributed by atoms with E-state index in [4.69, 9.17) is 38.3 Å². The number of piperidine rings is 1. The standard InChI is InChI=1S/C27H32Cl2N6O2/c1-15-25-26(35(32-15)16(2)22-6-5-20(28)10-23(22)29)31-24(11-30-25)34-13-19(14-34)17-4-3-7-33(12-17)21-8-18(9-21)27(36)37/h5-6,10-11,16-19,21H,3-4,7-9,12-14H2,1-2H3,(H,36,37)/t16-,17+,18-,21-/m1/s1. The number of rotatable bonds is 6. The van der Waals surface area contributed by atoms with Crippen molar-refractivity contribution in [3.05, 3.63) is 45.7 Å². The minimum atomic E-state index is -0.639. The number of carboxylic acids is 1. The van der Waals surface area contributed by atoms with Crippen molar-refractivity contribution in [3.63, 3.8) is 0 Å². The van der Waals surface area contributed by atoms with Gasteiger partial charge in [0.1, 0.15) is 11.3 Å². The van der Waals surface area contributed by atoms with Gasteiger partial charge in [-0.25, -0.2) is 14.6 Å². The highest BCUT2D eigenvalue weighted by Gasteiger charge is 2.42. The van der Waals surface area contributed by atoms with Crippen LogP contribution in [-0.2, 0) is 4.79 Å². The lowest BCUT2D eigenvalue weighted by atomic mass is 9.76. The third-order valence-corrected chi connectivity index (χ3v) is 9.27. The maximum atomic E-state index is 11.2. The highest BCUT2D eigenvalue weighted by atomic mass is 35.5. The van der Waals surface area contributed by atoms with Gasteiger partial charge in [0.15, 0.2) is 5.65 Å². The van der Waals surface area contributed by atoms with Crippen LogP contribution in [0.25, 0.3) is 11.2 Å². The van der Waals surface area contributed by atoms with E-state index in [1.54, 1.807) is 6.07 Å². The summed E-state index contributed by atoms with van der Waals surface area (Å²) in [6.07, 6.45) is 5.93. The van der Waals surface area contributed by atoms with Crippen molar-refractivity contribution < 1.29 is 9.90 Å². The van der Waals surface area contributed by atoms with Crippen molar-refractivity contribution in [2.75, 3.05) is 31.1 Å². The second-order valence-corrected chi connectivity index (χ2v) is 11.8. The van der Waals surface area contributed by atoms with Crippen LogP contribution in [0.5, 0.6) is 0 Å². The van der Waals surface area contributed by atoms with Gasteiger partial charge in [0.2, 0.25) is 0 Å². The van der Waals surface area contributed by atoms with Crippen LogP contribution >= 0.6 is 23.2 Å². The molecule has 0 radical (unpaired) electrons. The van der Waals surface area contributed by atoms with Crippen LogP contribution in [-0.4, -0.2) is 67.9 Å². The fourth-order valence-electron chi connectivity index (χ4n) is 6.28. The molecule has 1 aliphatic carbocycles. The molecule has 8 nitrogen and oxygen atoms in total. The molecule has 0 bridgehead atoms. The maximum absolute atomic E-state index is 11.2. The SMILES string of the molecule is Cc1nn([C@H](C)c2ccc(Cl)cc2Cl)c2nc(N3CC([C@H]4CCCN([C@H]5C[C@H](C(=O)O)C5)C4)C3)cnc12. The highest BCUT2D eigenvalue weighted by molar-refractivity contribution is 6.35. The molecule has 0 unspecified atom stereocenters. The molecule has 2 saturated heterocycles. The van der Waals surface area contributed by atoms with Crippen LogP contribution in [0.1, 0.15) is 49.9 Å². The van der Waals surface area contributed by atoms with Crippen molar-refractivity contribution in [2.24, 2.45) is 17.8 Å². The zero-order valence-corrected chi connectivity index (χ0v) is 22.7. The van der Waals surface area contributed by atoms with E-state index in [1.807, 2.05) is 29.9 Å². The number of aryl methyl sites for hydroxylation is 1. The average molecular weight is 543 g/mol. The van der Waals surface area contributed by atoms with Crippen LogP contribution in [0.15, 0.2) is 24.4 Å². The maximum Gasteiger partial charge on any atom is 0.306 e. The molecule has 6 rings (SSSR count). The number of fused-ring (bicyclic) bond motifs is 1. The minimum absolute atomic E-state index is 0.116. The Morgan fingerprint density at radius 2 is 1.95 bits per heavy atom. The molecular weight excluding hydrogens is 511 g/mol. The van der Waals surface area contributed by atoms with Crippen LogP contribution in [0, 0.1) is 24.7 Å². The molecule has 37 heavy (non-hydrogen) atoms. The molecule has 196 valence electrons. The van der Waals surface area contributed by atoms with E-state index in [1.165, 1.54) is 12.8 Å². The van der Waals surface area contributed by atoms with Gasteiger partial charge < -0.3 is 14.9 Å². The number of hydrogen-bond donors (Lipinski definition) is 1. The van der Waals surface area contributed by atoms with Crippen molar-refractivity contribution in [1.82, 2.24) is 24.6 Å². The summed E-state index contributed by atoms with van der Waals surface area (Å²) in [5.41, 5.74) is 3.35. The Morgan fingerprint density at radius 3 is 2.68 bits per heavy atom. The fourth-order valence-corrected chi connectivity index (χ4v) is 6.84. The van der Waals surface area contributed by atoms with Gasteiger partial charge in [-0.3, -0.25) is 4.79 Å². The van der Waals surface area contributed by atoms with Gasteiger partial charge >= 0.3 is 5.97 Å². The summed E-state index contributed by atoms with van der Waals surface area (Å²) in [5, 5.41) is 15.2. The lowest BCUT2D eigenvalue weighted by molar-refractivity contribution is -0.147. The molecule has 3 aromatic rings. The fraction of sp³-hybridized carbons (Fsp3) is 0.556. The lowest BCUT2D eigenvalue weighted by Gasteiger charge is -2.50. The number of aromatic nitrogens is 4. The molecule has 4 heterocycles. The van der Waals surface area contributed by atoms with E-state index >= 15 is 0 Å². The van der Waals surface area contributed by atoms with Crippen LogP contribution < -0.4 is 4.90 Å². The normalized spacial score (nSPS) is 25.6. The summed E-state index contributed by atoms with van der Waals surface area (Å²) in [6, 6.07) is 5.88. The molecular formula is C27H32Cl2N6O2. The van der Waals surface area contributed by atoms with Crippen molar-refractivity contribution in [3.8, 4) is 0 Å². The number of aliphatic carboxylic acids is 1. The molecule has 2 atom stereocenters. The Kier molecular flexibility index (Phi) is 6.53. The third kappa shape index (κ3) is 4.57. The summed E-state index contributed by atoms with van der Waals surface area (Å²) in [7, 11) is 0. The Bertz CT molecular complexity index is 1330. The van der Waals surface area contributed by atoms with Crippen LogP contribution in [0.2, 0.25) is 10.0 Å². The summed E-state index contributed by atoms with van der Waals surface area (Å²) in [5.74, 6) is 1.39. The molecule has 2 aromatic heterocycles. The number of halogens is 2. The van der Waals surface area contributed by atoms with Crippen LogP contribution in [0.4, 0.5) is 5.82 Å². The third-order valence-electron chi connectivity index (χ3n) is 8.71. The number of benzene rings is 1. The molecule has 0 spiro atoms. The molecule has 10 heteroatoms. The minimum Gasteiger partial charge on any atom is -0.481 e. The monoisotopic (exact) mass is 542 g/mol. The van der Waals surface area contributed by atoms with Gasteiger partial charge in [-0.1, -0.05) is 29.3 Å². The summed E-state index contributed by atoms with van der Waals surface area (Å²) < 4.78 is 1.91. The largest absolute Gasteiger partial charge is 0.481 e. The molecule has 1 aromatic carbocycles. The van der Waals surface area contributed by atoms with Gasteiger partial charge in [-0.05, 0) is 75.6 Å². The quantitative estimate of drug-likeness (QED) is 0.465. The molecule has 1 N–H and O–H groups in total. The van der Waals surface area contributed by atoms with E-state index in [0.717, 1.165) is 67.3 Å².